The lowest BCUT2D eigenvalue weighted by atomic mass is 9.73. The molecule has 1 aliphatic rings. The number of fused-ring (bicyclic) bond motifs is 1. The van der Waals surface area contributed by atoms with E-state index in [1.165, 1.54) is 22.2 Å². The Labute approximate surface area is 276 Å². The van der Waals surface area contributed by atoms with Gasteiger partial charge in [-0.3, -0.25) is 4.79 Å². The Hall–Kier alpha value is -3.32. The van der Waals surface area contributed by atoms with Gasteiger partial charge in [-0.05, 0) is 50.1 Å². The standard InChI is InChI=1S/C35H42N4O5S2/c1-39(19-17-25-20-37-33(44-25)35(43,23-8-4-2-5-9-23)24-10-6-3-7-11-24)22-27-13-12-26(45-27)16-18-36-21-30(41)28-14-15-29(40)31-32(28)46-34(42)38-31/h2,4-5,8-9,12-15,20,24,30,36,40-41,43H,3,6-7,10-11,16-19,21-22H2,1H3,(H,38,42)/t30-,35-/m0/s1. The summed E-state index contributed by atoms with van der Waals surface area (Å²) in [5.41, 5.74) is 0.636. The predicted octanol–water partition coefficient (Wildman–Crippen LogP) is 5.70. The molecule has 1 saturated carbocycles. The van der Waals surface area contributed by atoms with Crippen molar-refractivity contribution in [3.8, 4) is 5.75 Å². The molecule has 5 N–H and O–H groups in total. The van der Waals surface area contributed by atoms with Gasteiger partial charge in [0.1, 0.15) is 17.0 Å². The Bertz CT molecular complexity index is 1770. The number of nitrogens with one attached hydrogen (secondary N) is 2. The summed E-state index contributed by atoms with van der Waals surface area (Å²) in [6, 6.07) is 17.3. The molecule has 0 unspecified atom stereocenters. The van der Waals surface area contributed by atoms with Crippen LogP contribution in [0.25, 0.3) is 10.2 Å². The van der Waals surface area contributed by atoms with E-state index in [-0.39, 0.29) is 16.5 Å². The van der Waals surface area contributed by atoms with Crippen LogP contribution in [0.1, 0.15) is 70.7 Å². The first-order valence-corrected chi connectivity index (χ1v) is 17.7. The molecule has 11 heteroatoms. The average molecular weight is 663 g/mol. The number of aromatic hydroxyl groups is 1. The highest BCUT2D eigenvalue weighted by molar-refractivity contribution is 7.16. The Kier molecular flexibility index (Phi) is 10.4. The minimum Gasteiger partial charge on any atom is -0.506 e. The van der Waals surface area contributed by atoms with Crippen molar-refractivity contribution in [1.82, 2.24) is 20.2 Å². The minimum atomic E-state index is -1.21. The Morgan fingerprint density at radius 3 is 2.65 bits per heavy atom. The molecule has 2 aromatic carbocycles. The molecule has 46 heavy (non-hydrogen) atoms. The lowest BCUT2D eigenvalue weighted by Gasteiger charge is -2.36. The zero-order chi connectivity index (χ0) is 32.1. The molecule has 0 spiro atoms. The second-order valence-corrected chi connectivity index (χ2v) is 14.6. The van der Waals surface area contributed by atoms with E-state index in [1.807, 2.05) is 30.3 Å². The molecule has 9 nitrogen and oxygen atoms in total. The summed E-state index contributed by atoms with van der Waals surface area (Å²) in [4.78, 5) is 23.6. The van der Waals surface area contributed by atoms with E-state index in [1.54, 1.807) is 23.6 Å². The van der Waals surface area contributed by atoms with Crippen molar-refractivity contribution in [2.24, 2.45) is 5.92 Å². The third-order valence-electron chi connectivity index (χ3n) is 9.01. The molecule has 0 aliphatic heterocycles. The van der Waals surface area contributed by atoms with Crippen LogP contribution in [-0.4, -0.2) is 56.9 Å². The van der Waals surface area contributed by atoms with E-state index in [9.17, 15) is 20.1 Å². The van der Waals surface area contributed by atoms with Gasteiger partial charge in [0.25, 0.3) is 0 Å². The Morgan fingerprint density at radius 1 is 1.07 bits per heavy atom. The van der Waals surface area contributed by atoms with E-state index >= 15 is 0 Å². The molecule has 5 aromatic rings. The summed E-state index contributed by atoms with van der Waals surface area (Å²) in [5.74, 6) is 1.29. The van der Waals surface area contributed by atoms with E-state index in [0.29, 0.717) is 41.2 Å². The molecule has 244 valence electrons. The SMILES string of the molecule is CN(CCc1cnc([C@](O)(c2ccccc2)C2CCCCC2)o1)Cc1ccc(CCNC[C@H](O)c2ccc(O)c3[nH]c(=O)sc23)s1. The summed E-state index contributed by atoms with van der Waals surface area (Å²) in [7, 11) is 2.10. The smallest absolute Gasteiger partial charge is 0.305 e. The second kappa shape index (κ2) is 14.6. The summed E-state index contributed by atoms with van der Waals surface area (Å²) < 4.78 is 6.84. The van der Waals surface area contributed by atoms with E-state index in [0.717, 1.165) is 67.9 Å². The highest BCUT2D eigenvalue weighted by Crippen LogP contribution is 2.43. The number of phenols is 1. The topological polar surface area (TPSA) is 135 Å². The van der Waals surface area contributed by atoms with Crippen molar-refractivity contribution in [1.29, 1.82) is 0 Å². The quantitative estimate of drug-likeness (QED) is 0.0957. The number of phenolic OH excluding ortho intramolecular Hbond substituents is 1. The van der Waals surface area contributed by atoms with Crippen molar-refractivity contribution in [3.05, 3.63) is 103 Å². The highest BCUT2D eigenvalue weighted by Gasteiger charge is 2.44. The number of aromatic nitrogens is 2. The third kappa shape index (κ3) is 7.30. The fourth-order valence-corrected chi connectivity index (χ4v) is 8.51. The number of likely N-dealkylation sites (N-methyl/N-ethyl adjacent to an activating group) is 1. The zero-order valence-corrected chi connectivity index (χ0v) is 27.7. The lowest BCUT2D eigenvalue weighted by molar-refractivity contribution is -0.0239. The molecule has 0 amide bonds. The molecule has 0 radical (unpaired) electrons. The number of rotatable bonds is 14. The van der Waals surface area contributed by atoms with Crippen LogP contribution in [0.2, 0.25) is 0 Å². The maximum absolute atomic E-state index is 12.1. The van der Waals surface area contributed by atoms with Crippen LogP contribution in [0.5, 0.6) is 5.75 Å². The average Bonchev–Trinajstić information content (AvgIpc) is 3.83. The van der Waals surface area contributed by atoms with Crippen LogP contribution in [-0.2, 0) is 25.0 Å². The fourth-order valence-electron chi connectivity index (χ4n) is 6.50. The number of thiophene rings is 1. The maximum Gasteiger partial charge on any atom is 0.305 e. The van der Waals surface area contributed by atoms with Gasteiger partial charge in [-0.25, -0.2) is 4.98 Å². The summed E-state index contributed by atoms with van der Waals surface area (Å²) >= 11 is 2.78. The molecule has 0 saturated heterocycles. The van der Waals surface area contributed by atoms with E-state index in [2.05, 4.69) is 39.4 Å². The molecule has 2 atom stereocenters. The number of aromatic amines is 1. The molecule has 1 fully saturated rings. The summed E-state index contributed by atoms with van der Waals surface area (Å²) in [5, 5.41) is 36.1. The van der Waals surface area contributed by atoms with Crippen LogP contribution in [0, 0.1) is 5.92 Å². The van der Waals surface area contributed by atoms with E-state index < -0.39 is 11.7 Å². The van der Waals surface area contributed by atoms with Gasteiger partial charge < -0.3 is 34.9 Å². The number of nitrogens with zero attached hydrogens (tertiary/aromatic N) is 2. The molecule has 6 rings (SSSR count). The largest absolute Gasteiger partial charge is 0.506 e. The summed E-state index contributed by atoms with van der Waals surface area (Å²) in [6.45, 7) is 2.68. The normalized spacial score (nSPS) is 16.3. The number of hydrogen-bond donors (Lipinski definition) is 5. The van der Waals surface area contributed by atoms with Gasteiger partial charge in [-0.1, -0.05) is 67.0 Å². The van der Waals surface area contributed by atoms with E-state index in [4.69, 9.17) is 4.42 Å². The first-order chi connectivity index (χ1) is 22.3. The number of aliphatic hydroxyl groups excluding tert-OH is 1. The Morgan fingerprint density at radius 2 is 1.85 bits per heavy atom. The summed E-state index contributed by atoms with van der Waals surface area (Å²) in [6.07, 6.45) is 7.91. The van der Waals surface area contributed by atoms with Crippen LogP contribution < -0.4 is 10.2 Å². The van der Waals surface area contributed by atoms with Crippen molar-refractivity contribution in [2.75, 3.05) is 26.7 Å². The Balaban J connectivity index is 0.976. The number of aliphatic hydroxyl groups is 2. The second-order valence-electron chi connectivity index (χ2n) is 12.3. The maximum atomic E-state index is 12.1. The van der Waals surface area contributed by atoms with Gasteiger partial charge in [0, 0.05) is 53.8 Å². The van der Waals surface area contributed by atoms with Gasteiger partial charge >= 0.3 is 4.87 Å². The first kappa shape index (κ1) is 32.6. The van der Waals surface area contributed by atoms with Crippen LogP contribution >= 0.6 is 22.7 Å². The first-order valence-electron chi connectivity index (χ1n) is 16.0. The lowest BCUT2D eigenvalue weighted by Crippen LogP contribution is -2.38. The highest BCUT2D eigenvalue weighted by atomic mass is 32.1. The number of H-pyrrole nitrogens is 1. The van der Waals surface area contributed by atoms with Crippen molar-refractivity contribution in [2.45, 2.75) is 63.2 Å². The van der Waals surface area contributed by atoms with Crippen molar-refractivity contribution >= 4 is 32.9 Å². The zero-order valence-electron chi connectivity index (χ0n) is 26.1. The van der Waals surface area contributed by atoms with Crippen LogP contribution in [0.3, 0.4) is 0 Å². The van der Waals surface area contributed by atoms with Crippen molar-refractivity contribution in [3.63, 3.8) is 0 Å². The monoisotopic (exact) mass is 662 g/mol. The number of thiazole rings is 1. The molecular weight excluding hydrogens is 621 g/mol. The van der Waals surface area contributed by atoms with Crippen molar-refractivity contribution < 1.29 is 19.7 Å². The molecule has 0 bridgehead atoms. The minimum absolute atomic E-state index is 0.00460. The van der Waals surface area contributed by atoms with Gasteiger partial charge in [-0.2, -0.15) is 0 Å². The third-order valence-corrected chi connectivity index (χ3v) is 11.1. The van der Waals surface area contributed by atoms with Crippen LogP contribution in [0.15, 0.2) is 70.0 Å². The molecule has 1 aliphatic carbocycles. The predicted molar refractivity (Wildman–Crippen MR) is 183 cm³/mol. The van der Waals surface area contributed by atoms with Gasteiger partial charge in [0.05, 0.1) is 17.0 Å². The van der Waals surface area contributed by atoms with Crippen LogP contribution in [0.4, 0.5) is 0 Å². The molecule has 3 heterocycles. The number of benzene rings is 2. The number of hydrogen-bond acceptors (Lipinski definition) is 10. The fraction of sp³-hybridized carbons (Fsp3) is 0.429. The van der Waals surface area contributed by atoms with Gasteiger partial charge in [-0.15, -0.1) is 11.3 Å². The molecular formula is C35H42N4O5S2. The number of oxazole rings is 1. The van der Waals surface area contributed by atoms with Gasteiger partial charge in [0.15, 0.2) is 5.60 Å². The molecule has 3 aromatic heterocycles. The van der Waals surface area contributed by atoms with Gasteiger partial charge in [0.2, 0.25) is 5.89 Å².